The van der Waals surface area contributed by atoms with Crippen LogP contribution in [0.3, 0.4) is 0 Å². The molecule has 0 bridgehead atoms. The van der Waals surface area contributed by atoms with Crippen LogP contribution in [0.1, 0.15) is 37.0 Å². The smallest absolute Gasteiger partial charge is 0.335 e. The normalized spacial score (nSPS) is 18.7. The average molecular weight is 312 g/mol. The van der Waals surface area contributed by atoms with Crippen molar-refractivity contribution in [1.29, 1.82) is 0 Å². The van der Waals surface area contributed by atoms with Crippen molar-refractivity contribution in [2.45, 2.75) is 26.7 Å². The Bertz CT molecular complexity index is 471. The van der Waals surface area contributed by atoms with E-state index in [9.17, 15) is 4.79 Å². The number of anilines is 1. The van der Waals surface area contributed by atoms with E-state index >= 15 is 0 Å². The maximum atomic E-state index is 10.9. The molecule has 0 saturated carbocycles. The molecule has 0 spiro atoms. The Morgan fingerprint density at radius 3 is 2.72 bits per heavy atom. The van der Waals surface area contributed by atoms with Crippen LogP contribution in [0.5, 0.6) is 0 Å². The van der Waals surface area contributed by atoms with Gasteiger partial charge in [-0.2, -0.15) is 0 Å². The summed E-state index contributed by atoms with van der Waals surface area (Å²) in [6.45, 7) is 6.60. The molecule has 1 heterocycles. The second-order valence-electron chi connectivity index (χ2n) is 5.66. The van der Waals surface area contributed by atoms with E-state index in [1.807, 2.05) is 6.07 Å². The first-order chi connectivity index (χ1) is 8.39. The fourth-order valence-electron chi connectivity index (χ4n) is 2.53. The number of hydrogen-bond acceptors (Lipinski definition) is 2. The Morgan fingerprint density at radius 1 is 1.44 bits per heavy atom. The van der Waals surface area contributed by atoms with Gasteiger partial charge in [-0.15, -0.1) is 0 Å². The molecule has 1 saturated heterocycles. The summed E-state index contributed by atoms with van der Waals surface area (Å²) in [6, 6.07) is 5.25. The zero-order valence-corrected chi connectivity index (χ0v) is 12.3. The first-order valence-electron chi connectivity index (χ1n) is 6.17. The zero-order valence-electron chi connectivity index (χ0n) is 10.7. The van der Waals surface area contributed by atoms with E-state index in [1.54, 1.807) is 12.1 Å². The number of benzene rings is 1. The third-order valence-electron chi connectivity index (χ3n) is 3.44. The van der Waals surface area contributed by atoms with Crippen LogP contribution in [-0.4, -0.2) is 24.2 Å². The van der Waals surface area contributed by atoms with Crippen LogP contribution in [0.25, 0.3) is 0 Å². The summed E-state index contributed by atoms with van der Waals surface area (Å²) in [4.78, 5) is 13.2. The molecular formula is C14H18BrNO2. The molecule has 0 amide bonds. The van der Waals surface area contributed by atoms with Gasteiger partial charge in [-0.25, -0.2) is 4.79 Å². The molecule has 2 rings (SSSR count). The number of carbonyl (C=O) groups is 1. The Labute approximate surface area is 116 Å². The van der Waals surface area contributed by atoms with Gasteiger partial charge in [0, 0.05) is 17.6 Å². The largest absolute Gasteiger partial charge is 0.478 e. The number of rotatable bonds is 2. The number of hydrogen-bond donors (Lipinski definition) is 1. The number of halogens is 1. The van der Waals surface area contributed by atoms with Crippen LogP contribution in [0.15, 0.2) is 22.7 Å². The van der Waals surface area contributed by atoms with E-state index in [2.05, 4.69) is 34.7 Å². The molecule has 1 aliphatic heterocycles. The van der Waals surface area contributed by atoms with Gasteiger partial charge in [0.05, 0.1) is 11.3 Å². The summed E-state index contributed by atoms with van der Waals surface area (Å²) >= 11 is 3.48. The number of carboxylic acid groups (broad SMARTS) is 1. The lowest BCUT2D eigenvalue weighted by Crippen LogP contribution is -2.40. The molecule has 0 aliphatic carbocycles. The van der Waals surface area contributed by atoms with Crippen LogP contribution >= 0.6 is 15.9 Å². The summed E-state index contributed by atoms with van der Waals surface area (Å²) in [5, 5.41) is 8.96. The quantitative estimate of drug-likeness (QED) is 0.903. The van der Waals surface area contributed by atoms with E-state index in [0.717, 1.165) is 23.2 Å². The molecule has 18 heavy (non-hydrogen) atoms. The van der Waals surface area contributed by atoms with Crippen molar-refractivity contribution < 1.29 is 9.90 Å². The molecule has 0 atom stereocenters. The van der Waals surface area contributed by atoms with Crippen molar-refractivity contribution in [2.75, 3.05) is 18.0 Å². The number of nitrogens with zero attached hydrogens (tertiary/aromatic N) is 1. The van der Waals surface area contributed by atoms with Crippen LogP contribution < -0.4 is 4.90 Å². The minimum atomic E-state index is -0.888. The fraction of sp³-hybridized carbons (Fsp3) is 0.500. The monoisotopic (exact) mass is 311 g/mol. The molecule has 1 N–H and O–H groups in total. The highest BCUT2D eigenvalue weighted by molar-refractivity contribution is 9.10. The average Bonchev–Trinajstić information content (AvgIpc) is 2.27. The minimum absolute atomic E-state index is 0.321. The third-order valence-corrected chi connectivity index (χ3v) is 4.07. The van der Waals surface area contributed by atoms with Gasteiger partial charge in [0.2, 0.25) is 0 Å². The van der Waals surface area contributed by atoms with Crippen molar-refractivity contribution in [3.8, 4) is 0 Å². The molecule has 4 heteroatoms. The minimum Gasteiger partial charge on any atom is -0.478 e. The summed E-state index contributed by atoms with van der Waals surface area (Å²) in [5.41, 5.74) is 1.73. The second kappa shape index (κ2) is 4.92. The van der Waals surface area contributed by atoms with Gasteiger partial charge in [-0.05, 0) is 52.4 Å². The van der Waals surface area contributed by atoms with E-state index in [-0.39, 0.29) is 0 Å². The SMILES string of the molecule is CC1(C)CCCN(c2ccc(C(=O)O)cc2Br)C1. The highest BCUT2D eigenvalue weighted by Crippen LogP contribution is 2.35. The van der Waals surface area contributed by atoms with Gasteiger partial charge in [0.1, 0.15) is 0 Å². The van der Waals surface area contributed by atoms with Crippen molar-refractivity contribution >= 4 is 27.6 Å². The Balaban J connectivity index is 2.26. The number of piperidine rings is 1. The molecular weight excluding hydrogens is 294 g/mol. The van der Waals surface area contributed by atoms with E-state index in [0.29, 0.717) is 11.0 Å². The van der Waals surface area contributed by atoms with Crippen LogP contribution in [0.4, 0.5) is 5.69 Å². The van der Waals surface area contributed by atoms with Crippen LogP contribution in [0, 0.1) is 5.41 Å². The van der Waals surface area contributed by atoms with Crippen molar-refractivity contribution in [1.82, 2.24) is 0 Å². The molecule has 1 aliphatic rings. The van der Waals surface area contributed by atoms with Gasteiger partial charge in [0.25, 0.3) is 0 Å². The van der Waals surface area contributed by atoms with Gasteiger partial charge in [-0.1, -0.05) is 13.8 Å². The van der Waals surface area contributed by atoms with Crippen LogP contribution in [0.2, 0.25) is 0 Å². The first kappa shape index (κ1) is 13.4. The second-order valence-corrected chi connectivity index (χ2v) is 6.52. The maximum absolute atomic E-state index is 10.9. The number of carboxylic acids is 1. The molecule has 3 nitrogen and oxygen atoms in total. The number of aromatic carboxylic acids is 1. The lowest BCUT2D eigenvalue weighted by Gasteiger charge is -2.39. The highest BCUT2D eigenvalue weighted by Gasteiger charge is 2.27. The van der Waals surface area contributed by atoms with E-state index < -0.39 is 5.97 Å². The topological polar surface area (TPSA) is 40.5 Å². The summed E-state index contributed by atoms with van der Waals surface area (Å²) in [6.07, 6.45) is 2.43. The molecule has 1 aromatic rings. The lowest BCUT2D eigenvalue weighted by atomic mass is 9.84. The Morgan fingerprint density at radius 2 is 2.17 bits per heavy atom. The predicted octanol–water partition coefficient (Wildman–Crippen LogP) is 3.77. The molecule has 0 radical (unpaired) electrons. The van der Waals surface area contributed by atoms with Gasteiger partial charge in [-0.3, -0.25) is 0 Å². The molecule has 0 unspecified atom stereocenters. The van der Waals surface area contributed by atoms with Gasteiger partial charge >= 0.3 is 5.97 Å². The highest BCUT2D eigenvalue weighted by atomic mass is 79.9. The third kappa shape index (κ3) is 2.86. The van der Waals surface area contributed by atoms with Crippen molar-refractivity contribution in [2.24, 2.45) is 5.41 Å². The maximum Gasteiger partial charge on any atom is 0.335 e. The predicted molar refractivity (Wildman–Crippen MR) is 76.3 cm³/mol. The first-order valence-corrected chi connectivity index (χ1v) is 6.96. The van der Waals surface area contributed by atoms with E-state index in [4.69, 9.17) is 5.11 Å². The molecule has 98 valence electrons. The van der Waals surface area contributed by atoms with Gasteiger partial charge < -0.3 is 10.0 Å². The fourth-order valence-corrected chi connectivity index (χ4v) is 3.15. The molecule has 0 aromatic heterocycles. The van der Waals surface area contributed by atoms with Crippen molar-refractivity contribution in [3.63, 3.8) is 0 Å². The Hall–Kier alpha value is -1.03. The lowest BCUT2D eigenvalue weighted by molar-refractivity contribution is 0.0697. The zero-order chi connectivity index (χ0) is 13.3. The summed E-state index contributed by atoms with van der Waals surface area (Å²) < 4.78 is 0.861. The molecule has 1 fully saturated rings. The van der Waals surface area contributed by atoms with Gasteiger partial charge in [0.15, 0.2) is 0 Å². The van der Waals surface area contributed by atoms with E-state index in [1.165, 1.54) is 12.8 Å². The standard InChI is InChI=1S/C14H18BrNO2/c1-14(2)6-3-7-16(9-14)12-5-4-10(13(17)18)8-11(12)15/h4-5,8H,3,6-7,9H2,1-2H3,(H,17,18). The molecule has 1 aromatic carbocycles. The van der Waals surface area contributed by atoms with Crippen molar-refractivity contribution in [3.05, 3.63) is 28.2 Å². The summed E-state index contributed by atoms with van der Waals surface area (Å²) in [7, 11) is 0. The Kier molecular flexibility index (Phi) is 3.66. The summed E-state index contributed by atoms with van der Waals surface area (Å²) in [5.74, 6) is -0.888. The van der Waals surface area contributed by atoms with Crippen LogP contribution in [-0.2, 0) is 0 Å².